The molecule has 3 nitrogen and oxygen atoms in total. The number of hydrogen-bond acceptors (Lipinski definition) is 4. The second-order valence-electron chi connectivity index (χ2n) is 3.14. The van der Waals surface area contributed by atoms with Crippen LogP contribution in [0.25, 0.3) is 0 Å². The molecule has 2 rings (SSSR count). The molecule has 0 aromatic carbocycles. The van der Waals surface area contributed by atoms with E-state index in [1.807, 2.05) is 0 Å². The Morgan fingerprint density at radius 3 is 2.87 bits per heavy atom. The highest BCUT2D eigenvalue weighted by atomic mass is 32.1. The van der Waals surface area contributed by atoms with Crippen LogP contribution in [0.5, 0.6) is 0 Å². The molecule has 1 aromatic rings. The van der Waals surface area contributed by atoms with Crippen molar-refractivity contribution in [3.05, 3.63) is 16.1 Å². The molecule has 7 heteroatoms. The van der Waals surface area contributed by atoms with Gasteiger partial charge in [0.15, 0.2) is 5.01 Å². The molecule has 0 aliphatic carbocycles. The first-order valence-electron chi connectivity index (χ1n) is 4.42. The van der Waals surface area contributed by atoms with Gasteiger partial charge in [-0.25, -0.2) is 4.98 Å². The van der Waals surface area contributed by atoms with E-state index in [0.29, 0.717) is 30.2 Å². The fourth-order valence-electron chi connectivity index (χ4n) is 1.32. The first kappa shape index (κ1) is 10.8. The summed E-state index contributed by atoms with van der Waals surface area (Å²) >= 11 is 0.606. The van der Waals surface area contributed by atoms with Crippen LogP contribution in [0.3, 0.4) is 0 Å². The molecule has 0 spiro atoms. The van der Waals surface area contributed by atoms with E-state index in [4.69, 9.17) is 4.74 Å². The minimum atomic E-state index is -4.36. The molecule has 1 saturated heterocycles. The maximum absolute atomic E-state index is 12.3. The summed E-state index contributed by atoms with van der Waals surface area (Å²) < 4.78 is 42.1. The van der Waals surface area contributed by atoms with E-state index >= 15 is 0 Å². The molecule has 1 aliphatic heterocycles. The molecule has 15 heavy (non-hydrogen) atoms. The van der Waals surface area contributed by atoms with E-state index in [1.165, 1.54) is 5.38 Å². The number of rotatable bonds is 1. The number of hydrogen-bond donors (Lipinski definition) is 1. The lowest BCUT2D eigenvalue weighted by Gasteiger charge is -2.21. The van der Waals surface area contributed by atoms with Crippen molar-refractivity contribution in [2.45, 2.75) is 12.3 Å². The van der Waals surface area contributed by atoms with Crippen molar-refractivity contribution in [2.24, 2.45) is 0 Å². The van der Waals surface area contributed by atoms with Crippen LogP contribution in [0.2, 0.25) is 0 Å². The zero-order chi connectivity index (χ0) is 10.9. The Labute approximate surface area is 88.3 Å². The number of nitrogens with one attached hydrogen (secondary N) is 1. The normalized spacial score (nSPS) is 23.0. The third-order valence-electron chi connectivity index (χ3n) is 2.02. The molecule has 1 fully saturated rings. The smallest absolute Gasteiger partial charge is 0.369 e. The van der Waals surface area contributed by atoms with E-state index in [9.17, 15) is 13.2 Å². The van der Waals surface area contributed by atoms with Crippen LogP contribution < -0.4 is 5.32 Å². The Hall–Kier alpha value is -0.660. The van der Waals surface area contributed by atoms with Crippen LogP contribution in [-0.2, 0) is 10.9 Å². The van der Waals surface area contributed by atoms with Crippen LogP contribution >= 0.6 is 11.3 Å². The molecule has 1 aliphatic rings. The summed E-state index contributed by atoms with van der Waals surface area (Å²) in [6, 6.07) is 0. The number of aromatic nitrogens is 1. The Morgan fingerprint density at radius 1 is 1.53 bits per heavy atom. The van der Waals surface area contributed by atoms with Gasteiger partial charge in [-0.3, -0.25) is 0 Å². The molecule has 2 heterocycles. The van der Waals surface area contributed by atoms with Gasteiger partial charge in [-0.1, -0.05) is 0 Å². The van der Waals surface area contributed by atoms with Crippen LogP contribution in [0.4, 0.5) is 13.2 Å². The number of morpholine rings is 1. The largest absolute Gasteiger partial charge is 0.443 e. The molecule has 1 N–H and O–H groups in total. The highest BCUT2D eigenvalue weighted by Gasteiger charge is 2.35. The zero-order valence-electron chi connectivity index (χ0n) is 7.67. The van der Waals surface area contributed by atoms with E-state index in [2.05, 4.69) is 10.3 Å². The fourth-order valence-corrected chi connectivity index (χ4v) is 2.05. The predicted molar refractivity (Wildman–Crippen MR) is 48.7 cm³/mol. The third-order valence-corrected chi connectivity index (χ3v) is 2.93. The standard InChI is InChI=1S/C8H9F3N2OS/c9-8(10,11)7-13-5(4-15-7)6-3-12-1-2-14-6/h4,6,12H,1-3H2. The van der Waals surface area contributed by atoms with E-state index < -0.39 is 11.2 Å². The third kappa shape index (κ3) is 2.47. The van der Waals surface area contributed by atoms with Gasteiger partial charge in [-0.15, -0.1) is 11.3 Å². The van der Waals surface area contributed by atoms with Crippen molar-refractivity contribution < 1.29 is 17.9 Å². The van der Waals surface area contributed by atoms with Crippen molar-refractivity contribution in [3.63, 3.8) is 0 Å². The number of alkyl halides is 3. The lowest BCUT2D eigenvalue weighted by Crippen LogP contribution is -2.33. The molecule has 0 saturated carbocycles. The van der Waals surface area contributed by atoms with Crippen molar-refractivity contribution >= 4 is 11.3 Å². The van der Waals surface area contributed by atoms with Gasteiger partial charge in [0, 0.05) is 18.5 Å². The van der Waals surface area contributed by atoms with Crippen LogP contribution in [0, 0.1) is 0 Å². The van der Waals surface area contributed by atoms with Gasteiger partial charge >= 0.3 is 6.18 Å². The molecule has 0 radical (unpaired) electrons. The molecular weight excluding hydrogens is 229 g/mol. The summed E-state index contributed by atoms with van der Waals surface area (Å²) in [7, 11) is 0. The summed E-state index contributed by atoms with van der Waals surface area (Å²) in [5.41, 5.74) is 0.361. The maximum Gasteiger partial charge on any atom is 0.443 e. The zero-order valence-corrected chi connectivity index (χ0v) is 8.49. The fraction of sp³-hybridized carbons (Fsp3) is 0.625. The minimum absolute atomic E-state index is 0.355. The average molecular weight is 238 g/mol. The van der Waals surface area contributed by atoms with Gasteiger partial charge in [0.1, 0.15) is 6.10 Å². The summed E-state index contributed by atoms with van der Waals surface area (Å²) in [5, 5.41) is 3.63. The lowest BCUT2D eigenvalue weighted by atomic mass is 10.2. The first-order chi connectivity index (χ1) is 7.07. The average Bonchev–Trinajstić information content (AvgIpc) is 2.67. The number of nitrogens with zero attached hydrogens (tertiary/aromatic N) is 1. The van der Waals surface area contributed by atoms with E-state index in [-0.39, 0.29) is 6.10 Å². The Balaban J connectivity index is 2.12. The van der Waals surface area contributed by atoms with Gasteiger partial charge in [-0.05, 0) is 0 Å². The summed E-state index contributed by atoms with van der Waals surface area (Å²) in [6.45, 7) is 1.75. The Bertz CT molecular complexity index is 333. The Kier molecular flexibility index (Phi) is 2.94. The summed E-state index contributed by atoms with van der Waals surface area (Å²) in [5.74, 6) is 0. The minimum Gasteiger partial charge on any atom is -0.369 e. The topological polar surface area (TPSA) is 34.2 Å². The molecule has 0 bridgehead atoms. The van der Waals surface area contributed by atoms with Crippen molar-refractivity contribution in [3.8, 4) is 0 Å². The molecule has 1 atom stereocenters. The van der Waals surface area contributed by atoms with Crippen LogP contribution in [0.15, 0.2) is 5.38 Å². The van der Waals surface area contributed by atoms with Crippen LogP contribution in [-0.4, -0.2) is 24.7 Å². The lowest BCUT2D eigenvalue weighted by molar-refractivity contribution is -0.137. The van der Waals surface area contributed by atoms with Gasteiger partial charge in [0.05, 0.1) is 12.3 Å². The van der Waals surface area contributed by atoms with Crippen molar-refractivity contribution in [2.75, 3.05) is 19.7 Å². The number of thiazole rings is 1. The van der Waals surface area contributed by atoms with Gasteiger partial charge < -0.3 is 10.1 Å². The number of halogens is 3. The van der Waals surface area contributed by atoms with Crippen LogP contribution in [0.1, 0.15) is 16.8 Å². The monoisotopic (exact) mass is 238 g/mol. The molecule has 84 valence electrons. The summed E-state index contributed by atoms with van der Waals surface area (Å²) in [6.07, 6.45) is -4.71. The van der Waals surface area contributed by atoms with Crippen molar-refractivity contribution in [1.82, 2.24) is 10.3 Å². The van der Waals surface area contributed by atoms with Gasteiger partial charge in [0.2, 0.25) is 0 Å². The molecule has 1 aromatic heterocycles. The Morgan fingerprint density at radius 2 is 2.33 bits per heavy atom. The van der Waals surface area contributed by atoms with Gasteiger partial charge in [0.25, 0.3) is 0 Å². The van der Waals surface area contributed by atoms with Crippen molar-refractivity contribution in [1.29, 1.82) is 0 Å². The predicted octanol–water partition coefficient (Wildman–Crippen LogP) is 1.82. The SMILES string of the molecule is FC(F)(F)c1nc(C2CNCCO2)cs1. The maximum atomic E-state index is 12.3. The van der Waals surface area contributed by atoms with E-state index in [1.54, 1.807) is 0 Å². The number of ether oxygens (including phenoxy) is 1. The highest BCUT2D eigenvalue weighted by molar-refractivity contribution is 7.09. The molecular formula is C8H9F3N2OS. The second kappa shape index (κ2) is 4.07. The van der Waals surface area contributed by atoms with E-state index in [0.717, 1.165) is 6.54 Å². The highest BCUT2D eigenvalue weighted by Crippen LogP contribution is 2.33. The first-order valence-corrected chi connectivity index (χ1v) is 5.30. The van der Waals surface area contributed by atoms with Gasteiger partial charge in [-0.2, -0.15) is 13.2 Å². The second-order valence-corrected chi connectivity index (χ2v) is 4.00. The summed E-state index contributed by atoms with van der Waals surface area (Å²) in [4.78, 5) is 3.53. The molecule has 1 unspecified atom stereocenters. The quantitative estimate of drug-likeness (QED) is 0.810. The molecule has 0 amide bonds.